The summed E-state index contributed by atoms with van der Waals surface area (Å²) >= 11 is 0. The van der Waals surface area contributed by atoms with E-state index >= 15 is 0 Å². The summed E-state index contributed by atoms with van der Waals surface area (Å²) in [6.07, 6.45) is -1.31. The Hall–Kier alpha value is -1.23. The number of hydrogen-bond acceptors (Lipinski definition) is 4. The van der Waals surface area contributed by atoms with Crippen LogP contribution >= 0.6 is 0 Å². The van der Waals surface area contributed by atoms with Crippen molar-refractivity contribution in [3.05, 3.63) is 35.4 Å². The zero-order valence-corrected chi connectivity index (χ0v) is 11.0. The zero-order valence-electron chi connectivity index (χ0n) is 11.0. The monoisotopic (exact) mass is 262 g/mol. The first-order valence-electron chi connectivity index (χ1n) is 6.58. The predicted molar refractivity (Wildman–Crippen MR) is 68.8 cm³/mol. The van der Waals surface area contributed by atoms with Crippen molar-refractivity contribution in [3.63, 3.8) is 0 Å². The zero-order chi connectivity index (χ0) is 13.8. The third kappa shape index (κ3) is 1.91. The average Bonchev–Trinajstić information content (AvgIpc) is 2.81. The van der Waals surface area contributed by atoms with E-state index in [2.05, 4.69) is 0 Å². The number of carbonyl (C=O) groups is 1. The normalized spacial score (nSPS) is 34.0. The van der Waals surface area contributed by atoms with Crippen LogP contribution in [0.15, 0.2) is 24.3 Å². The quantitative estimate of drug-likeness (QED) is 0.804. The molecule has 0 radical (unpaired) electrons. The lowest BCUT2D eigenvalue weighted by Gasteiger charge is -2.30. The first-order valence-corrected chi connectivity index (χ1v) is 6.58. The van der Waals surface area contributed by atoms with E-state index in [1.54, 1.807) is 38.1 Å². The molecule has 1 fully saturated rings. The van der Waals surface area contributed by atoms with E-state index in [-0.39, 0.29) is 11.7 Å². The maximum atomic E-state index is 12.4. The van der Waals surface area contributed by atoms with Crippen molar-refractivity contribution in [1.82, 2.24) is 0 Å². The van der Waals surface area contributed by atoms with Gasteiger partial charge in [0.1, 0.15) is 6.10 Å². The number of Topliss-reactive ketones (excluding diaryl/α,β-unsaturated/α-hetero) is 1. The summed E-state index contributed by atoms with van der Waals surface area (Å²) in [5, 5.41) is 20.4. The lowest BCUT2D eigenvalue weighted by Crippen LogP contribution is -2.37. The number of aliphatic hydroxyl groups excluding tert-OH is 1. The third-order valence-corrected chi connectivity index (χ3v) is 4.17. The number of fused-ring (bicyclic) bond motifs is 2. The van der Waals surface area contributed by atoms with Gasteiger partial charge in [0.05, 0.1) is 23.7 Å². The van der Waals surface area contributed by atoms with E-state index in [1.165, 1.54) is 0 Å². The van der Waals surface area contributed by atoms with Gasteiger partial charge in [-0.2, -0.15) is 0 Å². The fourth-order valence-electron chi connectivity index (χ4n) is 3.07. The van der Waals surface area contributed by atoms with Crippen molar-refractivity contribution < 1.29 is 19.7 Å². The molecule has 4 heteroatoms. The number of hydrogen-bond donors (Lipinski definition) is 2. The van der Waals surface area contributed by atoms with Crippen LogP contribution in [0.4, 0.5) is 0 Å². The van der Waals surface area contributed by atoms with Crippen LogP contribution in [-0.4, -0.2) is 33.8 Å². The van der Waals surface area contributed by atoms with Gasteiger partial charge in [-0.15, -0.1) is 0 Å². The number of benzene rings is 1. The molecule has 2 N–H and O–H groups in total. The molecule has 0 spiro atoms. The number of ether oxygens (including phenoxy) is 1. The maximum absolute atomic E-state index is 12.4. The summed E-state index contributed by atoms with van der Waals surface area (Å²) in [5.41, 5.74) is 0.199. The highest BCUT2D eigenvalue weighted by Gasteiger charge is 2.51. The first kappa shape index (κ1) is 12.8. The summed E-state index contributed by atoms with van der Waals surface area (Å²) in [5.74, 6) is -0.348. The Kier molecular flexibility index (Phi) is 2.78. The predicted octanol–water partition coefficient (Wildman–Crippen LogP) is 1.46. The second-order valence-electron chi connectivity index (χ2n) is 5.98. The van der Waals surface area contributed by atoms with Crippen LogP contribution in [0.25, 0.3) is 0 Å². The molecule has 2 aliphatic rings. The summed E-state index contributed by atoms with van der Waals surface area (Å²) in [7, 11) is 0. The number of carbonyl (C=O) groups excluding carboxylic acids is 1. The standard InChI is InChI=1S/C15H18O4/c1-15(2,18)11-7-10-12(16)8-5-3-4-6-9(8)13(17)14(10)19-11/h3-6,10-11,13-14,17-18H,7H2,1-2H3/t10-,11+,13+,14+/m1/s1. The van der Waals surface area contributed by atoms with E-state index in [1.807, 2.05) is 0 Å². The summed E-state index contributed by atoms with van der Waals surface area (Å²) in [6.45, 7) is 3.33. The molecule has 1 aliphatic heterocycles. The first-order chi connectivity index (χ1) is 8.89. The van der Waals surface area contributed by atoms with Crippen LogP contribution < -0.4 is 0 Å². The number of ketones is 1. The van der Waals surface area contributed by atoms with Gasteiger partial charge in [-0.25, -0.2) is 0 Å². The fourth-order valence-corrected chi connectivity index (χ4v) is 3.07. The molecular weight excluding hydrogens is 244 g/mol. The molecule has 0 bridgehead atoms. The van der Waals surface area contributed by atoms with Crippen molar-refractivity contribution in [1.29, 1.82) is 0 Å². The van der Waals surface area contributed by atoms with Gasteiger partial charge in [0.15, 0.2) is 5.78 Å². The van der Waals surface area contributed by atoms with Crippen molar-refractivity contribution in [2.45, 2.75) is 44.2 Å². The number of aliphatic hydroxyl groups is 2. The summed E-state index contributed by atoms with van der Waals surface area (Å²) in [4.78, 5) is 12.4. The van der Waals surface area contributed by atoms with Gasteiger partial charge in [-0.1, -0.05) is 24.3 Å². The molecule has 1 heterocycles. The molecule has 3 rings (SSSR count). The Morgan fingerprint density at radius 2 is 2.00 bits per heavy atom. The summed E-state index contributed by atoms with van der Waals surface area (Å²) < 4.78 is 5.75. The molecule has 0 saturated carbocycles. The lowest BCUT2D eigenvalue weighted by atomic mass is 9.77. The van der Waals surface area contributed by atoms with Crippen LogP contribution in [-0.2, 0) is 4.74 Å². The van der Waals surface area contributed by atoms with Gasteiger partial charge in [0, 0.05) is 5.56 Å². The summed E-state index contributed by atoms with van der Waals surface area (Å²) in [6, 6.07) is 7.11. The molecule has 4 nitrogen and oxygen atoms in total. The molecule has 0 amide bonds. The van der Waals surface area contributed by atoms with E-state index < -0.39 is 23.9 Å². The number of rotatable bonds is 1. The highest BCUT2D eigenvalue weighted by molar-refractivity contribution is 6.01. The Bertz CT molecular complexity index is 517. The van der Waals surface area contributed by atoms with E-state index in [0.717, 1.165) is 0 Å². The Morgan fingerprint density at radius 1 is 1.32 bits per heavy atom. The molecular formula is C15H18O4. The molecule has 1 aromatic carbocycles. The second kappa shape index (κ2) is 4.13. The van der Waals surface area contributed by atoms with Crippen LogP contribution in [0, 0.1) is 5.92 Å². The van der Waals surface area contributed by atoms with Crippen molar-refractivity contribution >= 4 is 5.78 Å². The van der Waals surface area contributed by atoms with Crippen molar-refractivity contribution in [2.75, 3.05) is 0 Å². The van der Waals surface area contributed by atoms with E-state index in [9.17, 15) is 15.0 Å². The van der Waals surface area contributed by atoms with Gasteiger partial charge in [0.25, 0.3) is 0 Å². The molecule has 0 aromatic heterocycles. The lowest BCUT2D eigenvalue weighted by molar-refractivity contribution is -0.113. The van der Waals surface area contributed by atoms with Crippen LogP contribution in [0.3, 0.4) is 0 Å². The fraction of sp³-hybridized carbons (Fsp3) is 0.533. The van der Waals surface area contributed by atoms with Crippen molar-refractivity contribution in [3.8, 4) is 0 Å². The molecule has 0 unspecified atom stereocenters. The topological polar surface area (TPSA) is 66.8 Å². The maximum Gasteiger partial charge on any atom is 0.169 e. The molecule has 1 aliphatic carbocycles. The molecule has 1 aromatic rings. The van der Waals surface area contributed by atoms with E-state index in [0.29, 0.717) is 17.5 Å². The van der Waals surface area contributed by atoms with Gasteiger partial charge in [0.2, 0.25) is 0 Å². The smallest absolute Gasteiger partial charge is 0.169 e. The van der Waals surface area contributed by atoms with Crippen LogP contribution in [0.2, 0.25) is 0 Å². The minimum atomic E-state index is -1.01. The Labute approximate surface area is 112 Å². The average molecular weight is 262 g/mol. The Morgan fingerprint density at radius 3 is 2.68 bits per heavy atom. The van der Waals surface area contributed by atoms with Gasteiger partial charge in [-0.3, -0.25) is 4.79 Å². The molecule has 19 heavy (non-hydrogen) atoms. The highest BCUT2D eigenvalue weighted by atomic mass is 16.5. The molecule has 102 valence electrons. The molecule has 4 atom stereocenters. The van der Waals surface area contributed by atoms with Crippen LogP contribution in [0.1, 0.15) is 42.3 Å². The van der Waals surface area contributed by atoms with Gasteiger partial charge in [-0.05, 0) is 25.8 Å². The minimum Gasteiger partial charge on any atom is -0.388 e. The van der Waals surface area contributed by atoms with Crippen LogP contribution in [0.5, 0.6) is 0 Å². The van der Waals surface area contributed by atoms with Gasteiger partial charge >= 0.3 is 0 Å². The largest absolute Gasteiger partial charge is 0.388 e. The SMILES string of the molecule is CC(C)(O)[C@@H]1C[C@@H]2C(=O)c3ccccc3[C@H](O)[C@H]2O1. The highest BCUT2D eigenvalue weighted by Crippen LogP contribution is 2.44. The molecule has 1 saturated heterocycles. The Balaban J connectivity index is 1.98. The van der Waals surface area contributed by atoms with Gasteiger partial charge < -0.3 is 14.9 Å². The minimum absolute atomic E-state index is 0.0117. The third-order valence-electron chi connectivity index (χ3n) is 4.17. The van der Waals surface area contributed by atoms with E-state index in [4.69, 9.17) is 4.74 Å². The second-order valence-corrected chi connectivity index (χ2v) is 5.98. The van der Waals surface area contributed by atoms with Crippen molar-refractivity contribution in [2.24, 2.45) is 5.92 Å².